The number of hydrogen-bond donors (Lipinski definition) is 1. The van der Waals surface area contributed by atoms with Crippen molar-refractivity contribution in [1.29, 1.82) is 0 Å². The van der Waals surface area contributed by atoms with Gasteiger partial charge in [-0.05, 0) is 20.8 Å². The Labute approximate surface area is 113 Å². The van der Waals surface area contributed by atoms with Crippen LogP contribution in [0.15, 0.2) is 12.5 Å². The smallest absolute Gasteiger partial charge is 0.410 e. The number of amides is 1. The van der Waals surface area contributed by atoms with Gasteiger partial charge in [0.1, 0.15) is 5.60 Å². The average molecular weight is 267 g/mol. The van der Waals surface area contributed by atoms with Crippen molar-refractivity contribution < 1.29 is 14.6 Å². The molecular formula is C13H21N3O3. The number of carbonyl (C=O) groups excluding carboxylic acids is 1. The number of rotatable bonds is 1. The zero-order chi connectivity index (χ0) is 14.0. The van der Waals surface area contributed by atoms with Crippen LogP contribution in [-0.2, 0) is 17.8 Å². The van der Waals surface area contributed by atoms with Crippen LogP contribution in [0.2, 0.25) is 0 Å². The van der Waals surface area contributed by atoms with Crippen LogP contribution >= 0.6 is 0 Å². The first-order chi connectivity index (χ1) is 8.89. The molecule has 1 aliphatic heterocycles. The minimum absolute atomic E-state index is 0.00275. The standard InChI is InChI=1S/C13H21N3O3/c1-13(2,3)19-12(18)15-5-10(8-17)6-16-9-14-4-11(16)7-15/h4,9-10,17H,5-8H2,1-3H3/t10-/m0/s1. The Hall–Kier alpha value is -1.56. The molecule has 0 unspecified atom stereocenters. The number of aliphatic hydroxyl groups excluding tert-OH is 1. The van der Waals surface area contributed by atoms with Gasteiger partial charge >= 0.3 is 6.09 Å². The van der Waals surface area contributed by atoms with E-state index in [1.54, 1.807) is 17.4 Å². The van der Waals surface area contributed by atoms with Crippen LogP contribution in [0.1, 0.15) is 26.5 Å². The zero-order valence-corrected chi connectivity index (χ0v) is 11.7. The van der Waals surface area contributed by atoms with E-state index < -0.39 is 5.60 Å². The fourth-order valence-corrected chi connectivity index (χ4v) is 2.13. The van der Waals surface area contributed by atoms with Crippen molar-refractivity contribution in [3.8, 4) is 0 Å². The van der Waals surface area contributed by atoms with Gasteiger partial charge in [-0.25, -0.2) is 9.78 Å². The van der Waals surface area contributed by atoms with Crippen LogP contribution in [0.5, 0.6) is 0 Å². The van der Waals surface area contributed by atoms with Crippen LogP contribution in [0, 0.1) is 5.92 Å². The highest BCUT2D eigenvalue weighted by molar-refractivity contribution is 5.68. The fourth-order valence-electron chi connectivity index (χ4n) is 2.13. The van der Waals surface area contributed by atoms with Gasteiger partial charge in [-0.3, -0.25) is 0 Å². The van der Waals surface area contributed by atoms with Gasteiger partial charge in [-0.1, -0.05) is 0 Å². The van der Waals surface area contributed by atoms with E-state index in [1.807, 2.05) is 25.3 Å². The van der Waals surface area contributed by atoms with E-state index in [-0.39, 0.29) is 18.6 Å². The van der Waals surface area contributed by atoms with Crippen molar-refractivity contribution in [3.63, 3.8) is 0 Å². The topological polar surface area (TPSA) is 67.6 Å². The number of ether oxygens (including phenoxy) is 1. The van der Waals surface area contributed by atoms with Gasteiger partial charge in [0, 0.05) is 31.8 Å². The monoisotopic (exact) mass is 267 g/mol. The Balaban J connectivity index is 2.15. The van der Waals surface area contributed by atoms with Gasteiger partial charge in [-0.2, -0.15) is 0 Å². The Bertz CT molecular complexity index is 450. The molecule has 0 aliphatic carbocycles. The Kier molecular flexibility index (Phi) is 3.80. The quantitative estimate of drug-likeness (QED) is 0.831. The van der Waals surface area contributed by atoms with Crippen LogP contribution in [-0.4, -0.2) is 44.4 Å². The van der Waals surface area contributed by atoms with E-state index in [9.17, 15) is 9.90 Å². The van der Waals surface area contributed by atoms with Crippen molar-refractivity contribution in [1.82, 2.24) is 14.5 Å². The fraction of sp³-hybridized carbons (Fsp3) is 0.692. The van der Waals surface area contributed by atoms with Gasteiger partial charge < -0.3 is 19.3 Å². The third-order valence-corrected chi connectivity index (χ3v) is 2.99. The molecule has 0 saturated carbocycles. The van der Waals surface area contributed by atoms with Crippen molar-refractivity contribution in [2.75, 3.05) is 13.2 Å². The van der Waals surface area contributed by atoms with Gasteiger partial charge in [0.15, 0.2) is 0 Å². The molecule has 1 aromatic rings. The number of aromatic nitrogens is 2. The summed E-state index contributed by atoms with van der Waals surface area (Å²) in [5.74, 6) is 0.00275. The largest absolute Gasteiger partial charge is 0.444 e. The molecule has 0 bridgehead atoms. The summed E-state index contributed by atoms with van der Waals surface area (Å²) in [5, 5.41) is 9.40. The predicted molar refractivity (Wildman–Crippen MR) is 69.4 cm³/mol. The first-order valence-electron chi connectivity index (χ1n) is 6.47. The van der Waals surface area contributed by atoms with Gasteiger partial charge in [0.25, 0.3) is 0 Å². The first kappa shape index (κ1) is 13.9. The molecule has 0 saturated heterocycles. The molecule has 1 atom stereocenters. The summed E-state index contributed by atoms with van der Waals surface area (Å²) in [6.07, 6.45) is 3.13. The highest BCUT2D eigenvalue weighted by Gasteiger charge is 2.28. The summed E-state index contributed by atoms with van der Waals surface area (Å²) in [6.45, 7) is 7.20. The maximum absolute atomic E-state index is 12.2. The Morgan fingerprint density at radius 1 is 1.53 bits per heavy atom. The Morgan fingerprint density at radius 2 is 2.26 bits per heavy atom. The predicted octanol–water partition coefficient (Wildman–Crippen LogP) is 1.24. The summed E-state index contributed by atoms with van der Waals surface area (Å²) in [7, 11) is 0. The average Bonchev–Trinajstić information content (AvgIpc) is 2.64. The van der Waals surface area contributed by atoms with E-state index >= 15 is 0 Å². The summed E-state index contributed by atoms with van der Waals surface area (Å²) in [4.78, 5) is 17.9. The van der Waals surface area contributed by atoms with Gasteiger partial charge in [-0.15, -0.1) is 0 Å². The zero-order valence-electron chi connectivity index (χ0n) is 11.7. The van der Waals surface area contributed by atoms with Gasteiger partial charge in [0.2, 0.25) is 0 Å². The van der Waals surface area contributed by atoms with Crippen molar-refractivity contribution >= 4 is 6.09 Å². The molecule has 106 valence electrons. The van der Waals surface area contributed by atoms with Gasteiger partial charge in [0.05, 0.1) is 18.6 Å². The molecule has 1 amide bonds. The third-order valence-electron chi connectivity index (χ3n) is 2.99. The molecular weight excluding hydrogens is 246 g/mol. The van der Waals surface area contributed by atoms with E-state index in [1.165, 1.54) is 0 Å². The molecule has 2 heterocycles. The maximum Gasteiger partial charge on any atom is 0.410 e. The molecule has 1 aromatic heterocycles. The van der Waals surface area contributed by atoms with E-state index in [4.69, 9.17) is 4.74 Å². The maximum atomic E-state index is 12.2. The summed E-state index contributed by atoms with van der Waals surface area (Å²) >= 11 is 0. The highest BCUT2D eigenvalue weighted by Crippen LogP contribution is 2.18. The molecule has 0 radical (unpaired) electrons. The number of fused-ring (bicyclic) bond motifs is 1. The van der Waals surface area contributed by atoms with Crippen LogP contribution < -0.4 is 0 Å². The number of aliphatic hydroxyl groups is 1. The molecule has 19 heavy (non-hydrogen) atoms. The lowest BCUT2D eigenvalue weighted by molar-refractivity contribution is 0.0191. The second kappa shape index (κ2) is 5.21. The number of carbonyl (C=O) groups is 1. The molecule has 2 rings (SSSR count). The molecule has 0 spiro atoms. The lowest BCUT2D eigenvalue weighted by atomic mass is 10.1. The molecule has 6 heteroatoms. The van der Waals surface area contributed by atoms with Crippen molar-refractivity contribution in [2.24, 2.45) is 5.92 Å². The lowest BCUT2D eigenvalue weighted by Crippen LogP contribution is -2.39. The number of imidazole rings is 1. The third kappa shape index (κ3) is 3.47. The highest BCUT2D eigenvalue weighted by atomic mass is 16.6. The van der Waals surface area contributed by atoms with E-state index in [0.717, 1.165) is 5.69 Å². The lowest BCUT2D eigenvalue weighted by Gasteiger charge is -2.27. The number of nitrogens with zero attached hydrogens (tertiary/aromatic N) is 3. The SMILES string of the molecule is CC(C)(C)OC(=O)N1Cc2cncn2C[C@@H](CO)C1. The van der Waals surface area contributed by atoms with E-state index in [2.05, 4.69) is 4.98 Å². The van der Waals surface area contributed by atoms with Crippen LogP contribution in [0.25, 0.3) is 0 Å². The molecule has 6 nitrogen and oxygen atoms in total. The molecule has 1 aliphatic rings. The molecule has 0 aromatic carbocycles. The normalized spacial score (nSPS) is 19.8. The Morgan fingerprint density at radius 3 is 2.89 bits per heavy atom. The number of hydrogen-bond acceptors (Lipinski definition) is 4. The first-order valence-corrected chi connectivity index (χ1v) is 6.47. The van der Waals surface area contributed by atoms with E-state index in [0.29, 0.717) is 19.6 Å². The van der Waals surface area contributed by atoms with Crippen LogP contribution in [0.4, 0.5) is 4.79 Å². The molecule has 1 N–H and O–H groups in total. The second-order valence-electron chi connectivity index (χ2n) is 5.95. The summed E-state index contributed by atoms with van der Waals surface area (Å²) in [6, 6.07) is 0. The summed E-state index contributed by atoms with van der Waals surface area (Å²) in [5.41, 5.74) is 0.444. The molecule has 0 fully saturated rings. The second-order valence-corrected chi connectivity index (χ2v) is 5.95. The van der Waals surface area contributed by atoms with Crippen LogP contribution in [0.3, 0.4) is 0 Å². The van der Waals surface area contributed by atoms with Crippen molar-refractivity contribution in [2.45, 2.75) is 39.5 Å². The van der Waals surface area contributed by atoms with Crippen molar-refractivity contribution in [3.05, 3.63) is 18.2 Å². The minimum Gasteiger partial charge on any atom is -0.444 e. The summed E-state index contributed by atoms with van der Waals surface area (Å²) < 4.78 is 7.37. The minimum atomic E-state index is -0.516.